The van der Waals surface area contributed by atoms with Crippen molar-refractivity contribution in [3.8, 4) is 0 Å². The van der Waals surface area contributed by atoms with Gasteiger partial charge in [-0.05, 0) is 47.5 Å². The Hall–Kier alpha value is -1.97. The Morgan fingerprint density at radius 3 is 2.41 bits per heavy atom. The second-order valence-electron chi connectivity index (χ2n) is 4.88. The van der Waals surface area contributed by atoms with Crippen molar-refractivity contribution < 1.29 is 4.79 Å². The Kier molecular flexibility index (Phi) is 4.36. The summed E-state index contributed by atoms with van der Waals surface area (Å²) >= 11 is 7.06. The predicted molar refractivity (Wildman–Crippen MR) is 95.1 cm³/mol. The maximum atomic E-state index is 12.5. The lowest BCUT2D eigenvalue weighted by atomic mass is 10.1. The molecule has 0 atom stereocenters. The molecule has 3 aromatic rings. The van der Waals surface area contributed by atoms with Crippen LogP contribution in [0.25, 0.3) is 10.8 Å². The molecule has 0 saturated heterocycles. The summed E-state index contributed by atoms with van der Waals surface area (Å²) in [6.45, 7) is 0. The molecular weight excluding hydrogens is 314 g/mol. The molecule has 3 aromatic carbocycles. The van der Waals surface area contributed by atoms with Gasteiger partial charge in [0.15, 0.2) is 0 Å². The van der Waals surface area contributed by atoms with Crippen LogP contribution in [0.2, 0.25) is 5.02 Å². The van der Waals surface area contributed by atoms with Crippen LogP contribution in [-0.4, -0.2) is 12.3 Å². The first-order valence-electron chi connectivity index (χ1n) is 6.84. The first-order chi connectivity index (χ1) is 10.6. The van der Waals surface area contributed by atoms with Gasteiger partial charge in [-0.1, -0.05) is 48.0 Å². The highest BCUT2D eigenvalue weighted by Gasteiger charge is 2.14. The van der Waals surface area contributed by atoms with Gasteiger partial charge in [0.25, 0.3) is 5.24 Å². The zero-order valence-corrected chi connectivity index (χ0v) is 13.6. The molecule has 0 aliphatic heterocycles. The third-order valence-electron chi connectivity index (χ3n) is 3.42. The Morgan fingerprint density at radius 1 is 0.955 bits per heavy atom. The van der Waals surface area contributed by atoms with E-state index in [9.17, 15) is 4.79 Å². The molecule has 0 saturated carbocycles. The van der Waals surface area contributed by atoms with Crippen LogP contribution in [0, 0.1) is 0 Å². The number of anilines is 1. The topological polar surface area (TPSA) is 20.3 Å². The third-order valence-corrected chi connectivity index (χ3v) is 4.63. The molecule has 22 heavy (non-hydrogen) atoms. The molecule has 4 heteroatoms. The molecule has 0 aliphatic carbocycles. The van der Waals surface area contributed by atoms with Gasteiger partial charge in [0.05, 0.1) is 5.69 Å². The first-order valence-corrected chi connectivity index (χ1v) is 8.03. The minimum Gasteiger partial charge on any atom is -0.305 e. The van der Waals surface area contributed by atoms with Gasteiger partial charge in [0, 0.05) is 22.4 Å². The summed E-state index contributed by atoms with van der Waals surface area (Å²) in [6, 6.07) is 21.3. The van der Waals surface area contributed by atoms with Gasteiger partial charge in [-0.3, -0.25) is 4.79 Å². The average molecular weight is 328 g/mol. The minimum absolute atomic E-state index is 0.0290. The summed E-state index contributed by atoms with van der Waals surface area (Å²) in [5, 5.41) is 2.83. The zero-order chi connectivity index (χ0) is 15.5. The van der Waals surface area contributed by atoms with Crippen molar-refractivity contribution in [3.63, 3.8) is 0 Å². The Morgan fingerprint density at radius 2 is 1.64 bits per heavy atom. The number of amides is 1. The van der Waals surface area contributed by atoms with Gasteiger partial charge in [-0.15, -0.1) is 0 Å². The van der Waals surface area contributed by atoms with E-state index in [0.29, 0.717) is 5.02 Å². The number of thioether (sulfide) groups is 1. The molecule has 0 fully saturated rings. The maximum Gasteiger partial charge on any atom is 0.290 e. The van der Waals surface area contributed by atoms with E-state index in [2.05, 4.69) is 0 Å². The molecule has 0 unspecified atom stereocenters. The summed E-state index contributed by atoms with van der Waals surface area (Å²) in [5.41, 5.74) is 0.907. The quantitative estimate of drug-likeness (QED) is 0.551. The number of benzene rings is 3. The highest BCUT2D eigenvalue weighted by molar-refractivity contribution is 8.13. The SMILES string of the molecule is CN(C(=O)Sc1ccc(Cl)cc1)c1cccc2ccccc12. The number of hydrogen-bond acceptors (Lipinski definition) is 2. The number of halogens is 1. The van der Waals surface area contributed by atoms with E-state index in [1.54, 1.807) is 24.1 Å². The summed E-state index contributed by atoms with van der Waals surface area (Å²) in [5.74, 6) is 0. The van der Waals surface area contributed by atoms with E-state index in [1.807, 2.05) is 54.6 Å². The van der Waals surface area contributed by atoms with Crippen molar-refractivity contribution in [3.05, 3.63) is 71.8 Å². The van der Waals surface area contributed by atoms with Crippen LogP contribution < -0.4 is 4.90 Å². The second kappa shape index (κ2) is 6.42. The summed E-state index contributed by atoms with van der Waals surface area (Å²) in [4.78, 5) is 15.1. The van der Waals surface area contributed by atoms with Crippen LogP contribution in [0.3, 0.4) is 0 Å². The zero-order valence-electron chi connectivity index (χ0n) is 12.0. The molecular formula is C18H14ClNOS. The van der Waals surface area contributed by atoms with Crippen LogP contribution in [0.1, 0.15) is 0 Å². The first kappa shape index (κ1) is 14.9. The lowest BCUT2D eigenvalue weighted by Gasteiger charge is -2.18. The van der Waals surface area contributed by atoms with Crippen molar-refractivity contribution in [2.75, 3.05) is 11.9 Å². The van der Waals surface area contributed by atoms with E-state index in [-0.39, 0.29) is 5.24 Å². The highest BCUT2D eigenvalue weighted by Crippen LogP contribution is 2.30. The van der Waals surface area contributed by atoms with Gasteiger partial charge < -0.3 is 4.90 Å². The van der Waals surface area contributed by atoms with E-state index in [4.69, 9.17) is 11.6 Å². The van der Waals surface area contributed by atoms with Crippen molar-refractivity contribution in [1.82, 2.24) is 0 Å². The second-order valence-corrected chi connectivity index (χ2v) is 6.34. The molecule has 0 heterocycles. The average Bonchev–Trinajstić information content (AvgIpc) is 2.55. The van der Waals surface area contributed by atoms with Gasteiger partial charge in [0.1, 0.15) is 0 Å². The fraction of sp³-hybridized carbons (Fsp3) is 0.0556. The van der Waals surface area contributed by atoms with Gasteiger partial charge in [-0.2, -0.15) is 0 Å². The van der Waals surface area contributed by atoms with Crippen LogP contribution in [0.4, 0.5) is 10.5 Å². The summed E-state index contributed by atoms with van der Waals surface area (Å²) in [6.07, 6.45) is 0. The highest BCUT2D eigenvalue weighted by atomic mass is 35.5. The van der Waals surface area contributed by atoms with E-state index in [0.717, 1.165) is 21.4 Å². The molecule has 110 valence electrons. The van der Waals surface area contributed by atoms with Crippen LogP contribution in [-0.2, 0) is 0 Å². The van der Waals surface area contributed by atoms with Crippen LogP contribution >= 0.6 is 23.4 Å². The maximum absolute atomic E-state index is 12.5. The lowest BCUT2D eigenvalue weighted by Crippen LogP contribution is -2.21. The number of fused-ring (bicyclic) bond motifs is 1. The molecule has 0 spiro atoms. The number of nitrogens with zero attached hydrogens (tertiary/aromatic N) is 1. The summed E-state index contributed by atoms with van der Waals surface area (Å²) in [7, 11) is 1.80. The smallest absolute Gasteiger partial charge is 0.290 e. The molecule has 0 aliphatic rings. The number of rotatable bonds is 2. The standard InChI is InChI=1S/C18H14ClNOS/c1-20(18(21)22-15-11-9-14(19)10-12-15)17-8-4-6-13-5-2-3-7-16(13)17/h2-12H,1H3. The fourth-order valence-electron chi connectivity index (χ4n) is 2.27. The monoisotopic (exact) mass is 327 g/mol. The predicted octanol–water partition coefficient (Wildman–Crippen LogP) is 5.84. The molecule has 0 aromatic heterocycles. The van der Waals surface area contributed by atoms with Crippen LogP contribution in [0.5, 0.6) is 0 Å². The number of hydrogen-bond donors (Lipinski definition) is 0. The van der Waals surface area contributed by atoms with Gasteiger partial charge >= 0.3 is 0 Å². The molecule has 2 nitrogen and oxygen atoms in total. The van der Waals surface area contributed by atoms with Crippen molar-refractivity contribution in [2.45, 2.75) is 4.90 Å². The Labute approximate surface area is 138 Å². The normalized spacial score (nSPS) is 10.6. The molecule has 3 rings (SSSR count). The molecule has 0 bridgehead atoms. The minimum atomic E-state index is -0.0290. The number of carbonyl (C=O) groups excluding carboxylic acids is 1. The van der Waals surface area contributed by atoms with E-state index in [1.165, 1.54) is 11.8 Å². The van der Waals surface area contributed by atoms with Gasteiger partial charge in [0.2, 0.25) is 0 Å². The molecule has 0 N–H and O–H groups in total. The van der Waals surface area contributed by atoms with Crippen LogP contribution in [0.15, 0.2) is 71.6 Å². The third kappa shape index (κ3) is 3.11. The summed E-state index contributed by atoms with van der Waals surface area (Å²) < 4.78 is 0. The van der Waals surface area contributed by atoms with Gasteiger partial charge in [-0.25, -0.2) is 0 Å². The fourth-order valence-corrected chi connectivity index (χ4v) is 3.11. The molecule has 0 radical (unpaired) electrons. The largest absolute Gasteiger partial charge is 0.305 e. The van der Waals surface area contributed by atoms with Crippen molar-refractivity contribution in [1.29, 1.82) is 0 Å². The number of carbonyl (C=O) groups is 1. The van der Waals surface area contributed by atoms with Crippen molar-refractivity contribution >= 4 is 45.1 Å². The Balaban J connectivity index is 1.87. The lowest BCUT2D eigenvalue weighted by molar-refractivity contribution is 0.266. The van der Waals surface area contributed by atoms with Crippen molar-refractivity contribution in [2.24, 2.45) is 0 Å². The Bertz CT molecular complexity index is 811. The van der Waals surface area contributed by atoms with E-state index >= 15 is 0 Å². The van der Waals surface area contributed by atoms with E-state index < -0.39 is 0 Å². The molecule has 1 amide bonds.